The van der Waals surface area contributed by atoms with Crippen molar-refractivity contribution in [1.82, 2.24) is 20.0 Å². The molecule has 0 fully saturated rings. The van der Waals surface area contributed by atoms with Gasteiger partial charge in [0, 0.05) is 17.9 Å². The number of carbonyl (C=O) groups is 1. The van der Waals surface area contributed by atoms with Gasteiger partial charge < -0.3 is 5.32 Å². The molecule has 3 aromatic rings. The van der Waals surface area contributed by atoms with Gasteiger partial charge in [-0.2, -0.15) is 9.78 Å². The maximum Gasteiger partial charge on any atom is 0.226 e. The Balaban J connectivity index is 1.82. The van der Waals surface area contributed by atoms with Crippen molar-refractivity contribution in [2.24, 2.45) is 0 Å². The fourth-order valence-corrected chi connectivity index (χ4v) is 3.51. The zero-order valence-corrected chi connectivity index (χ0v) is 15.3. The highest BCUT2D eigenvalue weighted by atomic mass is 35.5. The Labute approximate surface area is 156 Å². The first-order chi connectivity index (χ1) is 12.6. The van der Waals surface area contributed by atoms with Crippen LogP contribution in [0.15, 0.2) is 36.4 Å². The highest BCUT2D eigenvalue weighted by Crippen LogP contribution is 2.40. The molecule has 0 saturated carbocycles. The van der Waals surface area contributed by atoms with E-state index < -0.39 is 0 Å². The van der Waals surface area contributed by atoms with E-state index in [2.05, 4.69) is 51.8 Å². The molecular formula is C19H18ClN5O. The number of nitrogens with zero attached hydrogens (tertiary/aromatic N) is 4. The predicted molar refractivity (Wildman–Crippen MR) is 99.8 cm³/mol. The molecule has 3 heterocycles. The number of amides is 1. The molecular weight excluding hydrogens is 350 g/mol. The zero-order valence-electron chi connectivity index (χ0n) is 14.5. The molecule has 1 aromatic carbocycles. The van der Waals surface area contributed by atoms with Crippen molar-refractivity contribution < 1.29 is 4.79 Å². The molecule has 7 heteroatoms. The SMILES string of the molecule is CCc1ccc([C@@H]2CC(=O)Nc3c2c(C)nn3-c2ccc(Cl)nn2)cc1. The highest BCUT2D eigenvalue weighted by Gasteiger charge is 2.32. The minimum Gasteiger partial charge on any atom is -0.310 e. The summed E-state index contributed by atoms with van der Waals surface area (Å²) in [5.41, 5.74) is 4.27. The lowest BCUT2D eigenvalue weighted by atomic mass is 9.85. The normalized spacial score (nSPS) is 16.3. The Morgan fingerprint density at radius 1 is 1.19 bits per heavy atom. The molecule has 1 aliphatic rings. The monoisotopic (exact) mass is 367 g/mol. The summed E-state index contributed by atoms with van der Waals surface area (Å²) in [6.07, 6.45) is 1.39. The van der Waals surface area contributed by atoms with E-state index in [1.165, 1.54) is 5.56 Å². The van der Waals surface area contributed by atoms with E-state index in [0.717, 1.165) is 23.2 Å². The minimum absolute atomic E-state index is 0.0290. The molecule has 0 spiro atoms. The Morgan fingerprint density at radius 2 is 1.96 bits per heavy atom. The van der Waals surface area contributed by atoms with Gasteiger partial charge in [-0.25, -0.2) is 0 Å². The Kier molecular flexibility index (Phi) is 4.20. The van der Waals surface area contributed by atoms with E-state index in [-0.39, 0.29) is 11.8 Å². The molecule has 1 N–H and O–H groups in total. The second-order valence-corrected chi connectivity index (χ2v) is 6.76. The van der Waals surface area contributed by atoms with Crippen LogP contribution < -0.4 is 5.32 Å². The summed E-state index contributed by atoms with van der Waals surface area (Å²) in [5.74, 6) is 1.10. The van der Waals surface area contributed by atoms with Crippen molar-refractivity contribution in [3.05, 3.63) is 63.9 Å². The first-order valence-electron chi connectivity index (χ1n) is 8.54. The second kappa shape index (κ2) is 6.53. The second-order valence-electron chi connectivity index (χ2n) is 6.37. The van der Waals surface area contributed by atoms with Crippen molar-refractivity contribution in [3.63, 3.8) is 0 Å². The van der Waals surface area contributed by atoms with Gasteiger partial charge in [-0.1, -0.05) is 42.8 Å². The fraction of sp³-hybridized carbons (Fsp3) is 0.263. The molecule has 0 saturated heterocycles. The van der Waals surface area contributed by atoms with Crippen LogP contribution >= 0.6 is 11.6 Å². The third kappa shape index (κ3) is 2.86. The molecule has 26 heavy (non-hydrogen) atoms. The molecule has 132 valence electrons. The van der Waals surface area contributed by atoms with Crippen LogP contribution in [0.3, 0.4) is 0 Å². The van der Waals surface area contributed by atoms with Crippen LogP contribution in [-0.4, -0.2) is 25.9 Å². The van der Waals surface area contributed by atoms with Crippen molar-refractivity contribution >= 4 is 23.3 Å². The number of nitrogens with one attached hydrogen (secondary N) is 1. The maximum atomic E-state index is 12.4. The van der Waals surface area contributed by atoms with Crippen LogP contribution in [0.4, 0.5) is 5.82 Å². The van der Waals surface area contributed by atoms with Gasteiger partial charge in [0.2, 0.25) is 5.91 Å². The number of hydrogen-bond donors (Lipinski definition) is 1. The van der Waals surface area contributed by atoms with E-state index in [4.69, 9.17) is 11.6 Å². The molecule has 0 bridgehead atoms. The van der Waals surface area contributed by atoms with Gasteiger partial charge in [-0.05, 0) is 36.6 Å². The van der Waals surface area contributed by atoms with E-state index in [9.17, 15) is 4.79 Å². The number of rotatable bonds is 3. The van der Waals surface area contributed by atoms with Crippen molar-refractivity contribution in [1.29, 1.82) is 0 Å². The molecule has 1 atom stereocenters. The number of halogens is 1. The molecule has 2 aromatic heterocycles. The molecule has 0 aliphatic carbocycles. The summed E-state index contributed by atoms with van der Waals surface area (Å²) in [6.45, 7) is 4.08. The van der Waals surface area contributed by atoms with Crippen LogP contribution in [-0.2, 0) is 11.2 Å². The van der Waals surface area contributed by atoms with Crippen LogP contribution in [0, 0.1) is 6.92 Å². The number of carbonyl (C=O) groups excluding carboxylic acids is 1. The van der Waals surface area contributed by atoms with E-state index >= 15 is 0 Å². The summed E-state index contributed by atoms with van der Waals surface area (Å²) in [7, 11) is 0. The molecule has 6 nitrogen and oxygen atoms in total. The summed E-state index contributed by atoms with van der Waals surface area (Å²) >= 11 is 5.83. The van der Waals surface area contributed by atoms with Gasteiger partial charge in [0.25, 0.3) is 0 Å². The topological polar surface area (TPSA) is 72.7 Å². The largest absolute Gasteiger partial charge is 0.310 e. The lowest BCUT2D eigenvalue weighted by Crippen LogP contribution is -2.25. The van der Waals surface area contributed by atoms with Gasteiger partial charge in [0.05, 0.1) is 5.69 Å². The van der Waals surface area contributed by atoms with Crippen LogP contribution in [0.1, 0.15) is 41.6 Å². The molecule has 0 unspecified atom stereocenters. The number of aromatic nitrogens is 4. The lowest BCUT2D eigenvalue weighted by Gasteiger charge is -2.24. The molecule has 4 rings (SSSR count). The number of fused-ring (bicyclic) bond motifs is 1. The molecule has 1 aliphatic heterocycles. The molecule has 1 amide bonds. The van der Waals surface area contributed by atoms with Gasteiger partial charge in [0.1, 0.15) is 5.82 Å². The number of hydrogen-bond acceptors (Lipinski definition) is 4. The third-order valence-electron chi connectivity index (χ3n) is 4.73. The van der Waals surface area contributed by atoms with Gasteiger partial charge in [-0.3, -0.25) is 4.79 Å². The Hall–Kier alpha value is -2.73. The number of anilines is 1. The summed E-state index contributed by atoms with van der Waals surface area (Å²) in [6, 6.07) is 11.8. The van der Waals surface area contributed by atoms with Crippen LogP contribution in [0.2, 0.25) is 5.15 Å². The van der Waals surface area contributed by atoms with Crippen LogP contribution in [0.25, 0.3) is 5.82 Å². The fourth-order valence-electron chi connectivity index (χ4n) is 3.41. The third-order valence-corrected chi connectivity index (χ3v) is 4.93. The van der Waals surface area contributed by atoms with Gasteiger partial charge in [0.15, 0.2) is 11.0 Å². The quantitative estimate of drug-likeness (QED) is 0.766. The highest BCUT2D eigenvalue weighted by molar-refractivity contribution is 6.29. The standard InChI is InChI=1S/C19H18ClN5O/c1-3-12-4-6-13(7-5-12)14-10-17(26)21-19-18(14)11(2)24-25(19)16-9-8-15(20)22-23-16/h4-9,14H,3,10H2,1-2H3,(H,21,26)/t14-/m0/s1. The first-order valence-corrected chi connectivity index (χ1v) is 8.92. The maximum absolute atomic E-state index is 12.4. The van der Waals surface area contributed by atoms with Gasteiger partial charge in [-0.15, -0.1) is 10.2 Å². The minimum atomic E-state index is -0.0369. The van der Waals surface area contributed by atoms with Crippen molar-refractivity contribution in [3.8, 4) is 5.82 Å². The summed E-state index contributed by atoms with van der Waals surface area (Å²) in [4.78, 5) is 12.4. The molecule has 0 radical (unpaired) electrons. The zero-order chi connectivity index (χ0) is 18.3. The van der Waals surface area contributed by atoms with E-state index in [0.29, 0.717) is 23.2 Å². The smallest absolute Gasteiger partial charge is 0.226 e. The summed E-state index contributed by atoms with van der Waals surface area (Å²) in [5, 5.41) is 15.8. The average Bonchev–Trinajstić information content (AvgIpc) is 2.98. The van der Waals surface area contributed by atoms with Crippen molar-refractivity contribution in [2.75, 3.05) is 5.32 Å². The first kappa shape index (κ1) is 16.7. The Morgan fingerprint density at radius 3 is 2.62 bits per heavy atom. The number of aryl methyl sites for hydroxylation is 2. The van der Waals surface area contributed by atoms with Crippen LogP contribution in [0.5, 0.6) is 0 Å². The average molecular weight is 368 g/mol. The van der Waals surface area contributed by atoms with Crippen molar-refractivity contribution in [2.45, 2.75) is 32.6 Å². The predicted octanol–water partition coefficient (Wildman–Crippen LogP) is 3.66. The van der Waals surface area contributed by atoms with Gasteiger partial charge >= 0.3 is 0 Å². The Bertz CT molecular complexity index is 963. The number of benzene rings is 1. The van der Waals surface area contributed by atoms with E-state index in [1.807, 2.05) is 6.92 Å². The lowest BCUT2D eigenvalue weighted by molar-refractivity contribution is -0.116. The summed E-state index contributed by atoms with van der Waals surface area (Å²) < 4.78 is 1.62. The van der Waals surface area contributed by atoms with E-state index in [1.54, 1.807) is 16.8 Å².